The van der Waals surface area contributed by atoms with Crippen molar-refractivity contribution in [2.24, 2.45) is 0 Å². The summed E-state index contributed by atoms with van der Waals surface area (Å²) in [7, 11) is 1.99. The van der Waals surface area contributed by atoms with E-state index in [9.17, 15) is 0 Å². The van der Waals surface area contributed by atoms with Crippen molar-refractivity contribution in [2.45, 2.75) is 39.2 Å². The maximum Gasteiger partial charge on any atom is 0.114 e. The number of hydrogen-bond donors (Lipinski definition) is 1. The van der Waals surface area contributed by atoms with Crippen LogP contribution >= 0.6 is 11.3 Å². The molecule has 0 bridgehead atoms. The summed E-state index contributed by atoms with van der Waals surface area (Å²) in [6.45, 7) is 8.73. The summed E-state index contributed by atoms with van der Waals surface area (Å²) in [4.78, 5) is 4.81. The minimum absolute atomic E-state index is 0.111. The summed E-state index contributed by atoms with van der Waals surface area (Å²) in [5.74, 6) is 0. The lowest BCUT2D eigenvalue weighted by molar-refractivity contribution is 0.566. The van der Waals surface area contributed by atoms with E-state index < -0.39 is 0 Å². The molecule has 1 atom stereocenters. The first-order valence-electron chi connectivity index (χ1n) is 6.61. The van der Waals surface area contributed by atoms with Gasteiger partial charge in [0.25, 0.3) is 0 Å². The zero-order valence-corrected chi connectivity index (χ0v) is 13.1. The zero-order valence-electron chi connectivity index (χ0n) is 12.3. The summed E-state index contributed by atoms with van der Waals surface area (Å²) in [6.07, 6.45) is 0. The van der Waals surface area contributed by atoms with Gasteiger partial charge in [0.05, 0.1) is 11.7 Å². The van der Waals surface area contributed by atoms with E-state index in [1.54, 1.807) is 11.3 Å². The van der Waals surface area contributed by atoms with Gasteiger partial charge in [0.1, 0.15) is 5.01 Å². The second-order valence-electron chi connectivity index (χ2n) is 5.96. The van der Waals surface area contributed by atoms with Crippen molar-refractivity contribution in [1.82, 2.24) is 10.3 Å². The number of hydrogen-bond acceptors (Lipinski definition) is 3. The minimum atomic E-state index is 0.111. The lowest BCUT2D eigenvalue weighted by Crippen LogP contribution is -2.18. The molecule has 0 amide bonds. The van der Waals surface area contributed by atoms with Crippen LogP contribution in [0.15, 0.2) is 29.6 Å². The molecule has 102 valence electrons. The van der Waals surface area contributed by atoms with Crippen LogP contribution in [0.4, 0.5) is 0 Å². The fraction of sp³-hybridized carbons (Fsp3) is 0.438. The molecule has 2 nitrogen and oxygen atoms in total. The van der Waals surface area contributed by atoms with Crippen LogP contribution in [0.2, 0.25) is 0 Å². The molecule has 1 aromatic carbocycles. The summed E-state index contributed by atoms with van der Waals surface area (Å²) < 4.78 is 0. The normalized spacial score (nSPS) is 13.5. The largest absolute Gasteiger partial charge is 0.307 e. The van der Waals surface area contributed by atoms with Crippen molar-refractivity contribution in [3.8, 4) is 0 Å². The molecular formula is C16H22N2S. The standard InChI is InChI=1S/C16H22N2S/c1-11-7-6-8-12(9-11)14(17-5)15-18-13(10-19-15)16(2,3)4/h6-10,14,17H,1-5H3. The Bertz CT molecular complexity index is 552. The Hall–Kier alpha value is -1.19. The van der Waals surface area contributed by atoms with Crippen molar-refractivity contribution < 1.29 is 0 Å². The molecule has 0 saturated heterocycles. The van der Waals surface area contributed by atoms with E-state index in [-0.39, 0.29) is 11.5 Å². The van der Waals surface area contributed by atoms with Gasteiger partial charge in [-0.25, -0.2) is 4.98 Å². The first kappa shape index (κ1) is 14.2. The third-order valence-corrected chi connectivity index (χ3v) is 4.11. The van der Waals surface area contributed by atoms with E-state index in [0.29, 0.717) is 0 Å². The molecule has 0 saturated carbocycles. The lowest BCUT2D eigenvalue weighted by atomic mass is 9.93. The van der Waals surface area contributed by atoms with E-state index in [4.69, 9.17) is 4.98 Å². The Morgan fingerprint density at radius 2 is 2.00 bits per heavy atom. The summed E-state index contributed by atoms with van der Waals surface area (Å²) in [5.41, 5.74) is 3.84. The predicted octanol–water partition coefficient (Wildman–Crippen LogP) is 4.06. The van der Waals surface area contributed by atoms with Crippen LogP contribution < -0.4 is 5.32 Å². The number of nitrogens with one attached hydrogen (secondary N) is 1. The van der Waals surface area contributed by atoms with Gasteiger partial charge in [-0.15, -0.1) is 11.3 Å². The van der Waals surface area contributed by atoms with Crippen LogP contribution in [0.3, 0.4) is 0 Å². The van der Waals surface area contributed by atoms with Gasteiger partial charge in [-0.3, -0.25) is 0 Å². The van der Waals surface area contributed by atoms with Crippen LogP contribution in [0, 0.1) is 6.92 Å². The van der Waals surface area contributed by atoms with Crippen molar-refractivity contribution in [3.05, 3.63) is 51.5 Å². The van der Waals surface area contributed by atoms with E-state index in [0.717, 1.165) is 5.01 Å². The average molecular weight is 274 g/mol. The Morgan fingerprint density at radius 1 is 1.26 bits per heavy atom. The molecule has 1 heterocycles. The summed E-state index contributed by atoms with van der Waals surface area (Å²) in [5, 5.41) is 6.69. The van der Waals surface area contributed by atoms with Crippen molar-refractivity contribution in [1.29, 1.82) is 0 Å². The Morgan fingerprint density at radius 3 is 2.53 bits per heavy atom. The maximum absolute atomic E-state index is 4.81. The number of aryl methyl sites for hydroxylation is 1. The van der Waals surface area contributed by atoms with Crippen molar-refractivity contribution in [2.75, 3.05) is 7.05 Å². The molecule has 1 N–H and O–H groups in total. The van der Waals surface area contributed by atoms with Gasteiger partial charge >= 0.3 is 0 Å². The van der Waals surface area contributed by atoms with Gasteiger partial charge in [-0.2, -0.15) is 0 Å². The zero-order chi connectivity index (χ0) is 14.0. The van der Waals surface area contributed by atoms with Gasteiger partial charge in [0.15, 0.2) is 0 Å². The second kappa shape index (κ2) is 5.43. The average Bonchev–Trinajstić information content (AvgIpc) is 2.79. The highest BCUT2D eigenvalue weighted by Gasteiger charge is 2.21. The molecule has 19 heavy (non-hydrogen) atoms. The predicted molar refractivity (Wildman–Crippen MR) is 82.9 cm³/mol. The number of aromatic nitrogens is 1. The second-order valence-corrected chi connectivity index (χ2v) is 6.85. The SMILES string of the molecule is CNC(c1cccc(C)c1)c1nc(C(C)(C)C)cs1. The molecule has 2 rings (SSSR count). The molecule has 1 unspecified atom stereocenters. The summed E-state index contributed by atoms with van der Waals surface area (Å²) in [6, 6.07) is 8.79. The van der Waals surface area contributed by atoms with Gasteiger partial charge in [0.2, 0.25) is 0 Å². The fourth-order valence-corrected chi connectivity index (χ4v) is 3.23. The van der Waals surface area contributed by atoms with E-state index in [1.165, 1.54) is 16.8 Å². The Balaban J connectivity index is 2.35. The molecule has 0 radical (unpaired) electrons. The smallest absolute Gasteiger partial charge is 0.114 e. The Labute approximate surface area is 119 Å². The highest BCUT2D eigenvalue weighted by atomic mass is 32.1. The number of nitrogens with zero attached hydrogens (tertiary/aromatic N) is 1. The lowest BCUT2D eigenvalue weighted by Gasteiger charge is -2.16. The first-order valence-corrected chi connectivity index (χ1v) is 7.49. The van der Waals surface area contributed by atoms with E-state index >= 15 is 0 Å². The van der Waals surface area contributed by atoms with Gasteiger partial charge < -0.3 is 5.32 Å². The fourth-order valence-electron chi connectivity index (χ4n) is 2.05. The molecule has 0 spiro atoms. The van der Waals surface area contributed by atoms with Crippen LogP contribution in [-0.2, 0) is 5.41 Å². The van der Waals surface area contributed by atoms with E-state index in [1.807, 2.05) is 7.05 Å². The summed E-state index contributed by atoms with van der Waals surface area (Å²) >= 11 is 1.74. The maximum atomic E-state index is 4.81. The number of rotatable bonds is 3. The molecule has 0 aliphatic carbocycles. The molecule has 0 aliphatic rings. The topological polar surface area (TPSA) is 24.9 Å². The number of benzene rings is 1. The molecule has 0 fully saturated rings. The van der Waals surface area contributed by atoms with Crippen molar-refractivity contribution in [3.63, 3.8) is 0 Å². The van der Waals surface area contributed by atoms with Gasteiger partial charge in [0, 0.05) is 10.8 Å². The highest BCUT2D eigenvalue weighted by molar-refractivity contribution is 7.09. The monoisotopic (exact) mass is 274 g/mol. The quantitative estimate of drug-likeness (QED) is 0.913. The van der Waals surface area contributed by atoms with Gasteiger partial charge in [-0.05, 0) is 19.5 Å². The molecule has 0 aliphatic heterocycles. The molecule has 2 aromatic rings. The number of thiazole rings is 1. The Kier molecular flexibility index (Phi) is 4.07. The molecule has 1 aromatic heterocycles. The van der Waals surface area contributed by atoms with E-state index in [2.05, 4.69) is 62.7 Å². The molecule has 3 heteroatoms. The first-order chi connectivity index (χ1) is 8.91. The van der Waals surface area contributed by atoms with Crippen LogP contribution in [0.5, 0.6) is 0 Å². The highest BCUT2D eigenvalue weighted by Crippen LogP contribution is 2.30. The minimum Gasteiger partial charge on any atom is -0.307 e. The van der Waals surface area contributed by atoms with Crippen molar-refractivity contribution >= 4 is 11.3 Å². The molecular weight excluding hydrogens is 252 g/mol. The third kappa shape index (κ3) is 3.23. The van der Waals surface area contributed by atoms with Crippen LogP contribution in [-0.4, -0.2) is 12.0 Å². The van der Waals surface area contributed by atoms with Crippen LogP contribution in [0.25, 0.3) is 0 Å². The van der Waals surface area contributed by atoms with Crippen LogP contribution in [0.1, 0.15) is 48.6 Å². The van der Waals surface area contributed by atoms with Gasteiger partial charge in [-0.1, -0.05) is 50.6 Å². The third-order valence-electron chi connectivity index (χ3n) is 3.20.